The third-order valence-electron chi connectivity index (χ3n) is 2.20. The molecule has 0 aromatic heterocycles. The maximum absolute atomic E-state index is 11.6. The number of alkyl carbamates (subject to hydrolysis) is 1. The minimum atomic E-state index is -0.605. The zero-order valence-electron chi connectivity index (χ0n) is 12.2. The zero-order valence-corrected chi connectivity index (χ0v) is 12.2. The van der Waals surface area contributed by atoms with Gasteiger partial charge in [-0.05, 0) is 27.2 Å². The molecule has 19 heavy (non-hydrogen) atoms. The summed E-state index contributed by atoms with van der Waals surface area (Å²) in [6.07, 6.45) is 0.0000357. The molecule has 0 saturated heterocycles. The van der Waals surface area contributed by atoms with Gasteiger partial charge in [-0.15, -0.1) is 0 Å². The summed E-state index contributed by atoms with van der Waals surface area (Å²) in [4.78, 5) is 28.5. The molecule has 7 heteroatoms. The summed E-state index contributed by atoms with van der Waals surface area (Å²) in [6, 6.07) is -0.483. The summed E-state index contributed by atoms with van der Waals surface area (Å²) in [5.41, 5.74) is -0.603. The maximum Gasteiger partial charge on any atom is 0.407 e. The van der Waals surface area contributed by atoms with Gasteiger partial charge in [-0.2, -0.15) is 0 Å². The normalized spacial score (nSPS) is 12.7. The average Bonchev–Trinajstić information content (AvgIpc) is 2.22. The van der Waals surface area contributed by atoms with Crippen LogP contribution < -0.4 is 5.32 Å². The molecule has 0 aromatic rings. The largest absolute Gasteiger partial charge is 0.444 e. The molecule has 0 saturated carbocycles. The molecule has 1 unspecified atom stereocenters. The molecule has 7 nitrogen and oxygen atoms in total. The van der Waals surface area contributed by atoms with Crippen molar-refractivity contribution in [1.82, 2.24) is 10.2 Å². The van der Waals surface area contributed by atoms with Crippen molar-refractivity contribution in [2.45, 2.75) is 45.3 Å². The predicted octanol–water partition coefficient (Wildman–Crippen LogP) is 1.24. The van der Waals surface area contributed by atoms with Crippen LogP contribution in [0.1, 0.15) is 33.6 Å². The summed E-state index contributed by atoms with van der Waals surface area (Å²) in [7, 11) is 3.31. The van der Waals surface area contributed by atoms with Gasteiger partial charge in [-0.1, -0.05) is 0 Å². The van der Waals surface area contributed by atoms with Crippen LogP contribution in [0.2, 0.25) is 0 Å². The lowest BCUT2D eigenvalue weighted by Gasteiger charge is -2.23. The van der Waals surface area contributed by atoms with Gasteiger partial charge in [-0.25, -0.2) is 9.68 Å². The Labute approximate surface area is 113 Å². The number of ether oxygens (including phenoxy) is 1. The Morgan fingerprint density at radius 3 is 2.32 bits per heavy atom. The minimum Gasteiger partial charge on any atom is -0.444 e. The van der Waals surface area contributed by atoms with Crippen LogP contribution in [0.25, 0.3) is 0 Å². The fourth-order valence-corrected chi connectivity index (χ4v) is 1.28. The molecule has 0 fully saturated rings. The van der Waals surface area contributed by atoms with E-state index in [1.54, 1.807) is 34.9 Å². The number of amides is 2. The van der Waals surface area contributed by atoms with Gasteiger partial charge in [0, 0.05) is 20.5 Å². The van der Waals surface area contributed by atoms with Crippen molar-refractivity contribution in [3.8, 4) is 0 Å². The van der Waals surface area contributed by atoms with Crippen LogP contribution >= 0.6 is 0 Å². The fourth-order valence-electron chi connectivity index (χ4n) is 1.28. The topological polar surface area (TPSA) is 88.1 Å². The molecule has 0 rings (SSSR count). The van der Waals surface area contributed by atoms with Crippen LogP contribution in [0.5, 0.6) is 0 Å². The van der Waals surface area contributed by atoms with Crippen LogP contribution in [0.15, 0.2) is 0 Å². The predicted molar refractivity (Wildman–Crippen MR) is 69.7 cm³/mol. The molecular weight excluding hydrogens is 252 g/mol. The van der Waals surface area contributed by atoms with E-state index in [0.29, 0.717) is 6.42 Å². The van der Waals surface area contributed by atoms with Crippen molar-refractivity contribution in [1.29, 1.82) is 0 Å². The highest BCUT2D eigenvalue weighted by Gasteiger charge is 2.20. The van der Waals surface area contributed by atoms with Gasteiger partial charge < -0.3 is 15.0 Å². The molecule has 112 valence electrons. The average molecular weight is 276 g/mol. The Morgan fingerprint density at radius 2 is 1.89 bits per heavy atom. The molecule has 0 bridgehead atoms. The number of hydrogen-bond acceptors (Lipinski definition) is 5. The third-order valence-corrected chi connectivity index (χ3v) is 2.20. The van der Waals surface area contributed by atoms with Crippen LogP contribution in [-0.4, -0.2) is 54.5 Å². The molecule has 2 amide bonds. The fraction of sp³-hybridized carbons (Fsp3) is 0.833. The number of carbonyl (C=O) groups excluding carboxylic acids is 2. The highest BCUT2D eigenvalue weighted by atomic mass is 17.1. The maximum atomic E-state index is 11.6. The number of carbonyl (C=O) groups is 2. The number of nitrogens with zero attached hydrogens (tertiary/aromatic N) is 1. The van der Waals surface area contributed by atoms with Crippen molar-refractivity contribution in [2.75, 3.05) is 20.7 Å². The highest BCUT2D eigenvalue weighted by Crippen LogP contribution is 2.08. The van der Waals surface area contributed by atoms with Gasteiger partial charge >= 0.3 is 6.09 Å². The molecular formula is C12H24N2O5. The second kappa shape index (κ2) is 7.96. The third kappa shape index (κ3) is 9.26. The molecule has 0 aromatic carbocycles. The second-order valence-corrected chi connectivity index (χ2v) is 5.47. The van der Waals surface area contributed by atoms with Crippen molar-refractivity contribution >= 4 is 12.0 Å². The Bertz CT molecular complexity index is 299. The number of rotatable bonds is 6. The van der Waals surface area contributed by atoms with Crippen molar-refractivity contribution < 1.29 is 24.5 Å². The van der Waals surface area contributed by atoms with E-state index in [1.807, 2.05) is 0 Å². The lowest BCUT2D eigenvalue weighted by Crippen LogP contribution is -2.42. The molecule has 0 aliphatic carbocycles. The molecule has 0 aliphatic heterocycles. The van der Waals surface area contributed by atoms with Crippen molar-refractivity contribution in [2.24, 2.45) is 0 Å². The second-order valence-electron chi connectivity index (χ2n) is 5.47. The first-order valence-electron chi connectivity index (χ1n) is 6.11. The first-order chi connectivity index (χ1) is 8.65. The lowest BCUT2D eigenvalue weighted by molar-refractivity contribution is -0.246. The van der Waals surface area contributed by atoms with Gasteiger partial charge in [0.1, 0.15) is 12.2 Å². The van der Waals surface area contributed by atoms with Gasteiger partial charge in [0.2, 0.25) is 5.91 Å². The van der Waals surface area contributed by atoms with Crippen LogP contribution in [0.3, 0.4) is 0 Å². The summed E-state index contributed by atoms with van der Waals surface area (Å²) >= 11 is 0. The summed E-state index contributed by atoms with van der Waals surface area (Å²) in [5.74, 6) is -0.0612. The Morgan fingerprint density at radius 1 is 1.32 bits per heavy atom. The van der Waals surface area contributed by atoms with E-state index in [1.165, 1.54) is 4.90 Å². The van der Waals surface area contributed by atoms with E-state index in [2.05, 4.69) is 10.2 Å². The van der Waals surface area contributed by atoms with Gasteiger partial charge in [0.05, 0.1) is 6.04 Å². The van der Waals surface area contributed by atoms with E-state index in [4.69, 9.17) is 9.99 Å². The molecule has 0 spiro atoms. The molecule has 0 aliphatic rings. The minimum absolute atomic E-state index is 0.0612. The monoisotopic (exact) mass is 276 g/mol. The summed E-state index contributed by atoms with van der Waals surface area (Å²) in [5, 5.41) is 11.0. The molecule has 2 N–H and O–H groups in total. The van der Waals surface area contributed by atoms with Gasteiger partial charge in [0.15, 0.2) is 0 Å². The molecule has 0 radical (unpaired) electrons. The highest BCUT2D eigenvalue weighted by molar-refractivity contribution is 5.75. The number of hydrogen-bond donors (Lipinski definition) is 2. The molecule has 0 heterocycles. The van der Waals surface area contributed by atoms with Crippen molar-refractivity contribution in [3.63, 3.8) is 0 Å². The van der Waals surface area contributed by atoms with Crippen LogP contribution in [-0.2, 0) is 14.4 Å². The zero-order chi connectivity index (χ0) is 15.1. The Balaban J connectivity index is 4.25. The van der Waals surface area contributed by atoms with E-state index in [9.17, 15) is 9.59 Å². The standard InChI is InChI=1S/C12H24N2O5/c1-12(2,3)19-11(16)13-9(8-18-17)6-7-10(15)14(4)5/h9,17H,6-8H2,1-5H3,(H,13,16). The first kappa shape index (κ1) is 17.7. The van der Waals surface area contributed by atoms with Crippen LogP contribution in [0, 0.1) is 0 Å². The molecule has 1 atom stereocenters. The quantitative estimate of drug-likeness (QED) is 0.563. The summed E-state index contributed by atoms with van der Waals surface area (Å²) in [6.45, 7) is 5.15. The SMILES string of the molecule is CN(C)C(=O)CCC(COO)NC(=O)OC(C)(C)C. The van der Waals surface area contributed by atoms with Crippen molar-refractivity contribution in [3.05, 3.63) is 0 Å². The number of nitrogens with one attached hydrogen (secondary N) is 1. The van der Waals surface area contributed by atoms with E-state index in [0.717, 1.165) is 0 Å². The lowest BCUT2D eigenvalue weighted by atomic mass is 10.1. The summed E-state index contributed by atoms with van der Waals surface area (Å²) < 4.78 is 5.09. The Hall–Kier alpha value is -1.34. The van der Waals surface area contributed by atoms with E-state index >= 15 is 0 Å². The first-order valence-corrected chi connectivity index (χ1v) is 6.11. The smallest absolute Gasteiger partial charge is 0.407 e. The van der Waals surface area contributed by atoms with Gasteiger partial charge in [0.25, 0.3) is 0 Å². The Kier molecular flexibility index (Phi) is 7.40. The van der Waals surface area contributed by atoms with E-state index < -0.39 is 17.7 Å². The van der Waals surface area contributed by atoms with E-state index in [-0.39, 0.29) is 18.9 Å². The van der Waals surface area contributed by atoms with Gasteiger partial charge in [-0.3, -0.25) is 10.1 Å². The van der Waals surface area contributed by atoms with Crippen LogP contribution in [0.4, 0.5) is 4.79 Å².